The molecule has 0 aromatic carbocycles. The summed E-state index contributed by atoms with van der Waals surface area (Å²) in [6, 6.07) is 3.83. The van der Waals surface area contributed by atoms with E-state index in [1.807, 2.05) is 23.9 Å². The highest BCUT2D eigenvalue weighted by Gasteiger charge is 2.19. The van der Waals surface area contributed by atoms with Crippen molar-refractivity contribution in [3.63, 3.8) is 0 Å². The van der Waals surface area contributed by atoms with E-state index >= 15 is 0 Å². The first kappa shape index (κ1) is 17.8. The van der Waals surface area contributed by atoms with Gasteiger partial charge in [0.15, 0.2) is 5.96 Å². The van der Waals surface area contributed by atoms with E-state index in [9.17, 15) is 0 Å². The van der Waals surface area contributed by atoms with Gasteiger partial charge in [0.2, 0.25) is 0 Å². The van der Waals surface area contributed by atoms with Crippen LogP contribution in [-0.2, 0) is 33.0 Å². The van der Waals surface area contributed by atoms with Crippen LogP contribution in [0.3, 0.4) is 0 Å². The van der Waals surface area contributed by atoms with Crippen LogP contribution in [0.2, 0.25) is 0 Å². The van der Waals surface area contributed by atoms with Crippen molar-refractivity contribution in [2.24, 2.45) is 12.0 Å². The first-order valence-corrected chi connectivity index (χ1v) is 7.78. The van der Waals surface area contributed by atoms with Gasteiger partial charge in [-0.25, -0.2) is 0 Å². The highest BCUT2D eigenvalue weighted by atomic mass is 127. The predicted molar refractivity (Wildman–Crippen MR) is 101 cm³/mol. The van der Waals surface area contributed by atoms with Crippen LogP contribution in [0, 0.1) is 0 Å². The number of hydrogen-bond acceptors (Lipinski definition) is 3. The lowest BCUT2D eigenvalue weighted by Gasteiger charge is -2.14. The van der Waals surface area contributed by atoms with Crippen molar-refractivity contribution >= 4 is 29.9 Å². The maximum absolute atomic E-state index is 5.31. The molecule has 7 heteroatoms. The molecule has 0 aliphatic heterocycles. The normalized spacial score (nSPS) is 14.1. The SMILES string of the molecule is CN=C(NCc1ccco1)NCc1c2c(nn1C)CCCC2.I. The molecule has 0 fully saturated rings. The largest absolute Gasteiger partial charge is 0.467 e. The Balaban J connectivity index is 0.00000192. The second-order valence-electron chi connectivity index (χ2n) is 5.56. The number of fused-ring (bicyclic) bond motifs is 1. The molecule has 126 valence electrons. The van der Waals surface area contributed by atoms with Crippen LogP contribution in [0.15, 0.2) is 27.8 Å². The van der Waals surface area contributed by atoms with Crippen LogP contribution in [0.1, 0.15) is 35.6 Å². The molecule has 23 heavy (non-hydrogen) atoms. The second kappa shape index (κ2) is 8.37. The Morgan fingerprint density at radius 2 is 2.09 bits per heavy atom. The van der Waals surface area contributed by atoms with Crippen LogP contribution >= 0.6 is 24.0 Å². The number of rotatable bonds is 4. The number of halogens is 1. The van der Waals surface area contributed by atoms with E-state index in [0.29, 0.717) is 6.54 Å². The van der Waals surface area contributed by atoms with Gasteiger partial charge in [0.1, 0.15) is 5.76 Å². The van der Waals surface area contributed by atoms with E-state index in [1.165, 1.54) is 29.8 Å². The Bertz CT molecular complexity index is 648. The molecule has 2 N–H and O–H groups in total. The number of hydrogen-bond donors (Lipinski definition) is 2. The van der Waals surface area contributed by atoms with E-state index in [4.69, 9.17) is 4.42 Å². The topological polar surface area (TPSA) is 67.4 Å². The van der Waals surface area contributed by atoms with Crippen molar-refractivity contribution in [2.75, 3.05) is 7.05 Å². The van der Waals surface area contributed by atoms with Crippen molar-refractivity contribution in [2.45, 2.75) is 38.8 Å². The lowest BCUT2D eigenvalue weighted by molar-refractivity contribution is 0.501. The van der Waals surface area contributed by atoms with Gasteiger partial charge in [-0.1, -0.05) is 0 Å². The molecule has 0 bridgehead atoms. The first-order chi connectivity index (χ1) is 10.8. The lowest BCUT2D eigenvalue weighted by atomic mass is 9.96. The average molecular weight is 429 g/mol. The number of nitrogens with zero attached hydrogens (tertiary/aromatic N) is 3. The molecule has 0 radical (unpaired) electrons. The molecule has 3 rings (SSSR count). The van der Waals surface area contributed by atoms with E-state index in [-0.39, 0.29) is 24.0 Å². The minimum absolute atomic E-state index is 0. The zero-order valence-electron chi connectivity index (χ0n) is 13.6. The molecule has 2 aromatic rings. The Morgan fingerprint density at radius 1 is 1.30 bits per heavy atom. The first-order valence-electron chi connectivity index (χ1n) is 7.78. The number of furan rings is 1. The third kappa shape index (κ3) is 4.27. The number of aliphatic imine (C=N–C) groups is 1. The van der Waals surface area contributed by atoms with Gasteiger partial charge in [-0.15, -0.1) is 24.0 Å². The molecule has 0 saturated carbocycles. The van der Waals surface area contributed by atoms with E-state index in [1.54, 1.807) is 13.3 Å². The maximum atomic E-state index is 5.31. The quantitative estimate of drug-likeness (QED) is 0.445. The van der Waals surface area contributed by atoms with E-state index in [2.05, 4.69) is 20.7 Å². The zero-order chi connectivity index (χ0) is 15.4. The molecule has 6 nitrogen and oxygen atoms in total. The van der Waals surface area contributed by atoms with Gasteiger partial charge >= 0.3 is 0 Å². The van der Waals surface area contributed by atoms with Gasteiger partial charge in [-0.3, -0.25) is 9.67 Å². The maximum Gasteiger partial charge on any atom is 0.191 e. The molecule has 2 aromatic heterocycles. The molecule has 0 saturated heterocycles. The molecule has 2 heterocycles. The fourth-order valence-electron chi connectivity index (χ4n) is 2.94. The van der Waals surface area contributed by atoms with Crippen molar-refractivity contribution < 1.29 is 4.42 Å². The standard InChI is InChI=1S/C16H23N5O.HI/c1-17-16(18-10-12-6-5-9-22-12)19-11-15-13-7-3-4-8-14(13)20-21(15)2;/h5-6,9H,3-4,7-8,10-11H2,1-2H3,(H2,17,18,19);1H. The molecule has 0 unspecified atom stereocenters. The number of guanidine groups is 1. The van der Waals surface area contributed by atoms with Gasteiger partial charge in [-0.2, -0.15) is 5.10 Å². The fourth-order valence-corrected chi connectivity index (χ4v) is 2.94. The molecular formula is C16H24IN5O. The lowest BCUT2D eigenvalue weighted by Crippen LogP contribution is -2.36. The number of nitrogens with one attached hydrogen (secondary N) is 2. The van der Waals surface area contributed by atoms with Crippen molar-refractivity contribution in [3.05, 3.63) is 41.1 Å². The summed E-state index contributed by atoms with van der Waals surface area (Å²) in [5, 5.41) is 11.3. The van der Waals surface area contributed by atoms with Crippen LogP contribution < -0.4 is 10.6 Å². The van der Waals surface area contributed by atoms with Crippen LogP contribution in [0.4, 0.5) is 0 Å². The van der Waals surface area contributed by atoms with Gasteiger partial charge in [0.25, 0.3) is 0 Å². The average Bonchev–Trinajstić information content (AvgIpc) is 3.15. The van der Waals surface area contributed by atoms with Crippen LogP contribution in [0.25, 0.3) is 0 Å². The molecule has 0 amide bonds. The summed E-state index contributed by atoms with van der Waals surface area (Å²) in [7, 11) is 3.80. The highest BCUT2D eigenvalue weighted by Crippen LogP contribution is 2.23. The molecule has 1 aliphatic carbocycles. The van der Waals surface area contributed by atoms with Gasteiger partial charge in [0, 0.05) is 14.1 Å². The summed E-state index contributed by atoms with van der Waals surface area (Å²) >= 11 is 0. The summed E-state index contributed by atoms with van der Waals surface area (Å²) in [6.07, 6.45) is 6.43. The summed E-state index contributed by atoms with van der Waals surface area (Å²) in [5.41, 5.74) is 3.95. The van der Waals surface area contributed by atoms with Crippen molar-refractivity contribution in [3.8, 4) is 0 Å². The van der Waals surface area contributed by atoms with Crippen molar-refractivity contribution in [1.82, 2.24) is 20.4 Å². The Morgan fingerprint density at radius 3 is 2.83 bits per heavy atom. The Kier molecular flexibility index (Phi) is 6.49. The summed E-state index contributed by atoms with van der Waals surface area (Å²) in [4.78, 5) is 4.25. The molecule has 1 aliphatic rings. The van der Waals surface area contributed by atoms with E-state index < -0.39 is 0 Å². The minimum Gasteiger partial charge on any atom is -0.467 e. The summed E-state index contributed by atoms with van der Waals surface area (Å²) in [5.74, 6) is 1.66. The highest BCUT2D eigenvalue weighted by molar-refractivity contribution is 14.0. The van der Waals surface area contributed by atoms with E-state index in [0.717, 1.165) is 31.1 Å². The predicted octanol–water partition coefficient (Wildman–Crippen LogP) is 2.38. The van der Waals surface area contributed by atoms with Crippen LogP contribution in [0.5, 0.6) is 0 Å². The Labute approximate surface area is 153 Å². The summed E-state index contributed by atoms with van der Waals surface area (Å²) in [6.45, 7) is 1.35. The fraction of sp³-hybridized carbons (Fsp3) is 0.500. The number of aryl methyl sites for hydroxylation is 2. The smallest absolute Gasteiger partial charge is 0.191 e. The van der Waals surface area contributed by atoms with Gasteiger partial charge in [0.05, 0.1) is 30.7 Å². The molecule has 0 atom stereocenters. The monoisotopic (exact) mass is 429 g/mol. The Hall–Kier alpha value is -1.51. The molecular weight excluding hydrogens is 405 g/mol. The second-order valence-corrected chi connectivity index (χ2v) is 5.56. The van der Waals surface area contributed by atoms with Crippen LogP contribution in [-0.4, -0.2) is 22.8 Å². The number of aromatic nitrogens is 2. The van der Waals surface area contributed by atoms with Gasteiger partial charge < -0.3 is 15.1 Å². The third-order valence-electron chi connectivity index (χ3n) is 4.11. The minimum atomic E-state index is 0. The molecule has 0 spiro atoms. The third-order valence-corrected chi connectivity index (χ3v) is 4.11. The van der Waals surface area contributed by atoms with Crippen molar-refractivity contribution in [1.29, 1.82) is 0 Å². The summed E-state index contributed by atoms with van der Waals surface area (Å²) < 4.78 is 7.32. The van der Waals surface area contributed by atoms with Gasteiger partial charge in [-0.05, 0) is 43.4 Å². The zero-order valence-corrected chi connectivity index (χ0v) is 16.0.